The van der Waals surface area contributed by atoms with Crippen LogP contribution in [0.1, 0.15) is 85.1 Å². The van der Waals surface area contributed by atoms with Crippen LogP contribution >= 0.6 is 11.3 Å². The zero-order valence-electron chi connectivity index (χ0n) is 33.2. The monoisotopic (exact) mass is 792 g/mol. The summed E-state index contributed by atoms with van der Waals surface area (Å²) in [5.41, 5.74) is 3.13. The lowest BCUT2D eigenvalue weighted by atomic mass is 9.89. The van der Waals surface area contributed by atoms with Gasteiger partial charge in [0.1, 0.15) is 17.3 Å². The van der Waals surface area contributed by atoms with Crippen LogP contribution in [-0.2, 0) is 38.4 Å². The largest absolute Gasteiger partial charge is 0.481 e. The van der Waals surface area contributed by atoms with Gasteiger partial charge in [-0.2, -0.15) is 0 Å². The number of anilines is 1. The van der Waals surface area contributed by atoms with E-state index < -0.39 is 0 Å². The van der Waals surface area contributed by atoms with E-state index in [-0.39, 0.29) is 54.8 Å². The van der Waals surface area contributed by atoms with Gasteiger partial charge in [-0.05, 0) is 63.3 Å². The summed E-state index contributed by atoms with van der Waals surface area (Å²) >= 11 is 1.54. The standard InChI is InChI=1S/C42H57FN6O6S/c1-29(2)40-46-35(27-56-40)41(52)48-21-24-55-42(28-48)14-18-47(19-15-42)25-33-9-5-7-31(38(33)43)12-22-53-23-13-37(51)49(30(3)4)20-17-44-16-11-32-8-6-10-34-39(32)54-26-36(50)45-34/h5-10,27,29-30,44H,11-26,28H2,1-4H3,(H,45,50). The highest BCUT2D eigenvalue weighted by Crippen LogP contribution is 2.33. The number of halogens is 1. The number of hydrogen-bond acceptors (Lipinski definition) is 10. The number of aromatic nitrogens is 1. The molecule has 1 aromatic heterocycles. The number of likely N-dealkylation sites (tertiary alicyclic amines) is 1. The predicted octanol–water partition coefficient (Wildman–Crippen LogP) is 5.26. The van der Waals surface area contributed by atoms with E-state index in [0.29, 0.717) is 87.3 Å². The first-order chi connectivity index (χ1) is 27.0. The number of piperidine rings is 1. The maximum atomic E-state index is 15.7. The summed E-state index contributed by atoms with van der Waals surface area (Å²) in [4.78, 5) is 48.6. The van der Waals surface area contributed by atoms with Gasteiger partial charge in [0, 0.05) is 62.2 Å². The number of rotatable bonds is 17. The number of carbonyl (C=O) groups is 3. The summed E-state index contributed by atoms with van der Waals surface area (Å²) in [6.07, 6.45) is 2.97. The number of amides is 3. The normalized spacial score (nSPS) is 16.9. The second-order valence-electron chi connectivity index (χ2n) is 15.6. The molecule has 0 saturated carbocycles. The van der Waals surface area contributed by atoms with Crippen LogP contribution in [0.3, 0.4) is 0 Å². The van der Waals surface area contributed by atoms with Crippen LogP contribution in [0.2, 0.25) is 0 Å². The molecular weight excluding hydrogens is 736 g/mol. The van der Waals surface area contributed by atoms with E-state index in [2.05, 4.69) is 34.4 Å². The Kier molecular flexibility index (Phi) is 14.5. The third kappa shape index (κ3) is 10.7. The summed E-state index contributed by atoms with van der Waals surface area (Å²) in [5.74, 6) is 0.658. The number of carbonyl (C=O) groups excluding carboxylic acids is 3. The van der Waals surface area contributed by atoms with Crippen LogP contribution in [-0.4, -0.2) is 121 Å². The maximum Gasteiger partial charge on any atom is 0.273 e. The van der Waals surface area contributed by atoms with Crippen LogP contribution in [0.4, 0.5) is 10.1 Å². The van der Waals surface area contributed by atoms with Gasteiger partial charge in [-0.1, -0.05) is 44.2 Å². The lowest BCUT2D eigenvalue weighted by molar-refractivity contribution is -0.134. The van der Waals surface area contributed by atoms with Gasteiger partial charge in [0.25, 0.3) is 11.8 Å². The molecule has 4 heterocycles. The molecule has 0 atom stereocenters. The zero-order valence-corrected chi connectivity index (χ0v) is 34.1. The third-order valence-electron chi connectivity index (χ3n) is 10.8. The fraction of sp³-hybridized carbons (Fsp3) is 0.571. The fourth-order valence-corrected chi connectivity index (χ4v) is 8.43. The van der Waals surface area contributed by atoms with Crippen molar-refractivity contribution in [1.82, 2.24) is 25.0 Å². The Morgan fingerprint density at radius 1 is 1.04 bits per heavy atom. The van der Waals surface area contributed by atoms with Crippen molar-refractivity contribution in [1.29, 1.82) is 0 Å². The van der Waals surface area contributed by atoms with E-state index in [4.69, 9.17) is 14.2 Å². The molecule has 2 aromatic carbocycles. The van der Waals surface area contributed by atoms with Gasteiger partial charge < -0.3 is 34.6 Å². The Hall–Kier alpha value is -3.95. The molecule has 6 rings (SSSR count). The van der Waals surface area contributed by atoms with E-state index in [1.165, 1.54) is 11.3 Å². The van der Waals surface area contributed by atoms with E-state index in [9.17, 15) is 14.4 Å². The Balaban J connectivity index is 0.884. The molecule has 3 aliphatic heterocycles. The van der Waals surface area contributed by atoms with E-state index in [0.717, 1.165) is 48.7 Å². The molecule has 0 unspecified atom stereocenters. The topological polar surface area (TPSA) is 126 Å². The van der Waals surface area contributed by atoms with E-state index in [1.54, 1.807) is 6.07 Å². The highest BCUT2D eigenvalue weighted by atomic mass is 32.1. The summed E-state index contributed by atoms with van der Waals surface area (Å²) in [6.45, 7) is 14.4. The van der Waals surface area contributed by atoms with Crippen molar-refractivity contribution < 1.29 is 33.0 Å². The molecule has 0 radical (unpaired) electrons. The number of ether oxygens (including phenoxy) is 3. The quantitative estimate of drug-likeness (QED) is 0.176. The van der Waals surface area contributed by atoms with Gasteiger partial charge in [0.15, 0.2) is 6.61 Å². The number of benzene rings is 2. The average molecular weight is 793 g/mol. The van der Waals surface area contributed by atoms with Gasteiger partial charge >= 0.3 is 0 Å². The lowest BCUT2D eigenvalue weighted by Crippen LogP contribution is -2.58. The van der Waals surface area contributed by atoms with Gasteiger partial charge in [-0.15, -0.1) is 11.3 Å². The van der Waals surface area contributed by atoms with E-state index in [1.807, 2.05) is 59.4 Å². The molecule has 0 bridgehead atoms. The number of morpholine rings is 1. The van der Waals surface area contributed by atoms with Crippen molar-refractivity contribution in [3.8, 4) is 5.75 Å². The Labute approximate surface area is 334 Å². The number of para-hydroxylation sites is 1. The van der Waals surface area contributed by atoms with Crippen LogP contribution in [0, 0.1) is 5.82 Å². The highest BCUT2D eigenvalue weighted by molar-refractivity contribution is 7.09. The van der Waals surface area contributed by atoms with E-state index >= 15 is 4.39 Å². The van der Waals surface area contributed by atoms with Crippen molar-refractivity contribution in [2.75, 3.05) is 77.6 Å². The minimum atomic E-state index is -0.384. The summed E-state index contributed by atoms with van der Waals surface area (Å²) in [7, 11) is 0. The van der Waals surface area contributed by atoms with Gasteiger partial charge in [0.05, 0.1) is 49.1 Å². The maximum absolute atomic E-state index is 15.7. The SMILES string of the molecule is CC(C)c1nc(C(=O)N2CCOC3(CCN(Cc4cccc(CCOCCC(=O)N(CCNCCc5cccc6c5OCC(=O)N6)C(C)C)c4F)CC3)C2)cs1. The van der Waals surface area contributed by atoms with Crippen molar-refractivity contribution >= 4 is 34.7 Å². The molecule has 12 nitrogen and oxygen atoms in total. The van der Waals surface area contributed by atoms with Crippen LogP contribution < -0.4 is 15.4 Å². The first kappa shape index (κ1) is 41.7. The Morgan fingerprint density at radius 3 is 2.57 bits per heavy atom. The van der Waals surface area contributed by atoms with Crippen LogP contribution in [0.5, 0.6) is 5.75 Å². The average Bonchev–Trinajstić information content (AvgIpc) is 3.69. The Bertz CT molecular complexity index is 1810. The molecule has 2 fully saturated rings. The van der Waals surface area contributed by atoms with Crippen molar-refractivity contribution in [3.05, 3.63) is 75.0 Å². The lowest BCUT2D eigenvalue weighted by Gasteiger charge is -2.47. The minimum Gasteiger partial charge on any atom is -0.481 e. The number of nitrogens with one attached hydrogen (secondary N) is 2. The second kappa shape index (κ2) is 19.5. The summed E-state index contributed by atoms with van der Waals surface area (Å²) in [6, 6.07) is 11.3. The van der Waals surface area contributed by atoms with Crippen molar-refractivity contribution in [2.24, 2.45) is 0 Å². The molecule has 304 valence electrons. The fourth-order valence-electron chi connectivity index (χ4n) is 7.62. The number of thiazole rings is 1. The predicted molar refractivity (Wildman–Crippen MR) is 215 cm³/mol. The molecule has 3 aliphatic rings. The first-order valence-corrected chi connectivity index (χ1v) is 20.9. The molecular formula is C42H57FN6O6S. The molecule has 3 amide bonds. The summed E-state index contributed by atoms with van der Waals surface area (Å²) in [5, 5.41) is 9.10. The van der Waals surface area contributed by atoms with Gasteiger partial charge in [-0.3, -0.25) is 19.3 Å². The Morgan fingerprint density at radius 2 is 1.80 bits per heavy atom. The molecule has 56 heavy (non-hydrogen) atoms. The number of nitrogens with zero attached hydrogens (tertiary/aromatic N) is 4. The molecule has 2 saturated heterocycles. The molecule has 14 heteroatoms. The third-order valence-corrected chi connectivity index (χ3v) is 12.0. The second-order valence-corrected chi connectivity index (χ2v) is 16.5. The zero-order chi connectivity index (χ0) is 39.7. The number of hydrogen-bond donors (Lipinski definition) is 2. The molecule has 1 spiro atoms. The molecule has 3 aromatic rings. The van der Waals surface area contributed by atoms with Crippen molar-refractivity contribution in [2.45, 2.75) is 83.9 Å². The van der Waals surface area contributed by atoms with Crippen LogP contribution in [0.15, 0.2) is 41.8 Å². The van der Waals surface area contributed by atoms with Gasteiger partial charge in [-0.25, -0.2) is 9.37 Å². The van der Waals surface area contributed by atoms with Crippen molar-refractivity contribution in [3.63, 3.8) is 0 Å². The number of fused-ring (bicyclic) bond motifs is 1. The first-order valence-electron chi connectivity index (χ1n) is 20.0. The highest BCUT2D eigenvalue weighted by Gasteiger charge is 2.41. The summed E-state index contributed by atoms with van der Waals surface area (Å²) < 4.78 is 33.5. The van der Waals surface area contributed by atoms with Crippen LogP contribution in [0.25, 0.3) is 0 Å². The molecule has 0 aliphatic carbocycles. The molecule has 2 N–H and O–H groups in total. The smallest absolute Gasteiger partial charge is 0.273 e. The minimum absolute atomic E-state index is 0.0225. The van der Waals surface area contributed by atoms with Gasteiger partial charge in [0.2, 0.25) is 5.91 Å².